The number of nitro benzene ring substituents is 1. The summed E-state index contributed by atoms with van der Waals surface area (Å²) in [6.45, 7) is 1.63. The third-order valence-corrected chi connectivity index (χ3v) is 9.93. The fraction of sp³-hybridized carbons (Fsp3) is 0.200. The van der Waals surface area contributed by atoms with Crippen molar-refractivity contribution >= 4 is 55.0 Å². The summed E-state index contributed by atoms with van der Waals surface area (Å²) in [6, 6.07) is 20.2. The molecule has 7 rings (SSSR count). The number of anilines is 1. The highest BCUT2D eigenvalue weighted by molar-refractivity contribution is 9.10. The summed E-state index contributed by atoms with van der Waals surface area (Å²) in [6.07, 6.45) is 0. The van der Waals surface area contributed by atoms with Gasteiger partial charge in [-0.2, -0.15) is 0 Å². The number of nitro groups is 1. The van der Waals surface area contributed by atoms with E-state index in [1.807, 2.05) is 48.5 Å². The van der Waals surface area contributed by atoms with Crippen LogP contribution in [0.25, 0.3) is 0 Å². The highest BCUT2D eigenvalue weighted by Crippen LogP contribution is 2.70. The van der Waals surface area contributed by atoms with Gasteiger partial charge in [0.2, 0.25) is 11.8 Å². The highest BCUT2D eigenvalue weighted by Gasteiger charge is 2.72. The van der Waals surface area contributed by atoms with Crippen LogP contribution in [0.4, 0.5) is 11.4 Å². The summed E-state index contributed by atoms with van der Waals surface area (Å²) in [5.41, 5.74) is 4.34. The molecule has 3 aromatic carbocycles. The second kappa shape index (κ2) is 6.61. The first-order chi connectivity index (χ1) is 15.7. The predicted octanol–water partition coefficient (Wildman–Crippen LogP) is 5.31. The number of hydrogen-bond donors (Lipinski definition) is 0. The Morgan fingerprint density at radius 1 is 0.818 bits per heavy atom. The Morgan fingerprint density at radius 2 is 1.24 bits per heavy atom. The van der Waals surface area contributed by atoms with Crippen molar-refractivity contribution in [1.29, 1.82) is 0 Å². The summed E-state index contributed by atoms with van der Waals surface area (Å²) in [5, 5.41) is 11.5. The highest BCUT2D eigenvalue weighted by atomic mass is 79.9. The first-order valence-corrected chi connectivity index (χ1v) is 12.0. The quantitative estimate of drug-likeness (QED) is 0.182. The minimum absolute atomic E-state index is 0.125. The number of aryl methyl sites for hydroxylation is 1. The number of rotatable bonds is 2. The SMILES string of the molecule is Cc1ccc(N2C(=O)[C@@H]3[C@H](C2=O)C2(Br)c4ccccc4C3(Br)c3ccccc32)cc1[N+](=O)[O-]. The number of carbonyl (C=O) groups is 2. The van der Waals surface area contributed by atoms with E-state index in [4.69, 9.17) is 0 Å². The van der Waals surface area contributed by atoms with Crippen LogP contribution in [0.15, 0.2) is 66.7 Å². The number of halogens is 2. The van der Waals surface area contributed by atoms with Crippen molar-refractivity contribution in [2.75, 3.05) is 4.90 Å². The molecular formula is C25H16Br2N2O4. The maximum absolute atomic E-state index is 14.0. The van der Waals surface area contributed by atoms with Crippen LogP contribution in [-0.4, -0.2) is 16.7 Å². The molecule has 1 fully saturated rings. The van der Waals surface area contributed by atoms with Gasteiger partial charge in [-0.1, -0.05) is 86.5 Å². The zero-order chi connectivity index (χ0) is 23.3. The molecule has 4 aliphatic rings. The van der Waals surface area contributed by atoms with Crippen LogP contribution in [0.3, 0.4) is 0 Å². The Labute approximate surface area is 206 Å². The van der Waals surface area contributed by atoms with Crippen molar-refractivity contribution in [3.05, 3.63) is 105 Å². The third kappa shape index (κ3) is 2.33. The van der Waals surface area contributed by atoms with E-state index >= 15 is 0 Å². The number of benzene rings is 3. The smallest absolute Gasteiger partial charge is 0.274 e. The van der Waals surface area contributed by atoms with E-state index in [0.717, 1.165) is 27.2 Å². The van der Waals surface area contributed by atoms with Gasteiger partial charge in [0.25, 0.3) is 5.69 Å². The second-order valence-corrected chi connectivity index (χ2v) is 11.2. The third-order valence-electron chi connectivity index (χ3n) is 7.23. The van der Waals surface area contributed by atoms with Crippen molar-refractivity contribution in [3.63, 3.8) is 0 Å². The van der Waals surface area contributed by atoms with Crippen LogP contribution < -0.4 is 4.90 Å². The van der Waals surface area contributed by atoms with Crippen molar-refractivity contribution in [1.82, 2.24) is 0 Å². The zero-order valence-corrected chi connectivity index (χ0v) is 20.5. The Morgan fingerprint density at radius 3 is 1.64 bits per heavy atom. The maximum Gasteiger partial charge on any atom is 0.274 e. The van der Waals surface area contributed by atoms with E-state index in [1.165, 1.54) is 6.07 Å². The molecule has 164 valence electrons. The van der Waals surface area contributed by atoms with Gasteiger partial charge in [-0.25, -0.2) is 4.90 Å². The molecule has 1 heterocycles. The van der Waals surface area contributed by atoms with Crippen LogP contribution >= 0.6 is 31.9 Å². The summed E-state index contributed by atoms with van der Waals surface area (Å²) >= 11 is 7.90. The number of nitrogens with zero attached hydrogens (tertiary/aromatic N) is 2. The minimum atomic E-state index is -0.890. The molecule has 0 saturated carbocycles. The molecule has 33 heavy (non-hydrogen) atoms. The fourth-order valence-electron chi connectivity index (χ4n) is 5.86. The molecule has 1 aliphatic heterocycles. The van der Waals surface area contributed by atoms with Gasteiger partial charge in [-0.15, -0.1) is 0 Å². The Bertz CT molecular complexity index is 1300. The van der Waals surface area contributed by atoms with E-state index < -0.39 is 25.4 Å². The summed E-state index contributed by atoms with van der Waals surface area (Å²) in [4.78, 5) is 40.1. The van der Waals surface area contributed by atoms with Crippen LogP contribution in [0.1, 0.15) is 27.8 Å². The average Bonchev–Trinajstić information content (AvgIpc) is 3.09. The van der Waals surface area contributed by atoms with Crippen molar-refractivity contribution < 1.29 is 14.5 Å². The van der Waals surface area contributed by atoms with Crippen molar-refractivity contribution in [2.45, 2.75) is 15.6 Å². The van der Waals surface area contributed by atoms with Crippen molar-refractivity contribution in [2.24, 2.45) is 11.8 Å². The number of alkyl halides is 2. The van der Waals surface area contributed by atoms with Crippen LogP contribution in [0.5, 0.6) is 0 Å². The summed E-state index contributed by atoms with van der Waals surface area (Å²) < 4.78 is -1.78. The van der Waals surface area contributed by atoms with E-state index in [9.17, 15) is 19.7 Å². The van der Waals surface area contributed by atoms with Gasteiger partial charge in [-0.05, 0) is 35.2 Å². The Kier molecular flexibility index (Phi) is 4.15. The van der Waals surface area contributed by atoms with Crippen molar-refractivity contribution in [3.8, 4) is 0 Å². The molecule has 0 unspecified atom stereocenters. The molecule has 0 aromatic heterocycles. The zero-order valence-electron chi connectivity index (χ0n) is 17.3. The van der Waals surface area contributed by atoms with Crippen LogP contribution in [-0.2, 0) is 18.2 Å². The van der Waals surface area contributed by atoms with E-state index in [0.29, 0.717) is 5.56 Å². The van der Waals surface area contributed by atoms with Gasteiger partial charge in [0.1, 0.15) is 0 Å². The molecule has 8 heteroatoms. The average molecular weight is 568 g/mol. The molecule has 0 spiro atoms. The molecule has 1 saturated heterocycles. The minimum Gasteiger partial charge on any atom is -0.274 e. The lowest BCUT2D eigenvalue weighted by Gasteiger charge is -2.55. The fourth-order valence-corrected chi connectivity index (χ4v) is 8.16. The molecule has 0 N–H and O–H groups in total. The lowest BCUT2D eigenvalue weighted by Crippen LogP contribution is -2.56. The summed E-state index contributed by atoms with van der Waals surface area (Å²) in [5.74, 6) is -2.16. The van der Waals surface area contributed by atoms with Gasteiger partial charge in [0.15, 0.2) is 0 Å². The lowest BCUT2D eigenvalue weighted by molar-refractivity contribution is -0.385. The van der Waals surface area contributed by atoms with E-state index in [2.05, 4.69) is 31.9 Å². The Balaban J connectivity index is 1.62. The molecule has 2 amide bonds. The number of hydrogen-bond acceptors (Lipinski definition) is 4. The molecular weight excluding hydrogens is 552 g/mol. The Hall–Kier alpha value is -2.84. The van der Waals surface area contributed by atoms with Gasteiger partial charge >= 0.3 is 0 Å². The maximum atomic E-state index is 14.0. The van der Waals surface area contributed by atoms with Gasteiger partial charge < -0.3 is 0 Å². The van der Waals surface area contributed by atoms with E-state index in [1.54, 1.807) is 19.1 Å². The molecule has 2 atom stereocenters. The van der Waals surface area contributed by atoms with Gasteiger partial charge in [-0.3, -0.25) is 19.7 Å². The lowest BCUT2D eigenvalue weighted by atomic mass is 9.54. The molecule has 6 nitrogen and oxygen atoms in total. The topological polar surface area (TPSA) is 80.5 Å². The van der Waals surface area contributed by atoms with Crippen LogP contribution in [0, 0.1) is 28.9 Å². The number of imide groups is 1. The first kappa shape index (κ1) is 20.7. The molecule has 3 aromatic rings. The van der Waals surface area contributed by atoms with Gasteiger partial charge in [0.05, 0.1) is 31.1 Å². The molecule has 2 bridgehead atoms. The second-order valence-electron chi connectivity index (χ2n) is 8.71. The number of carbonyl (C=O) groups excluding carboxylic acids is 2. The largest absolute Gasteiger partial charge is 0.274 e. The number of amides is 2. The predicted molar refractivity (Wildman–Crippen MR) is 130 cm³/mol. The summed E-state index contributed by atoms with van der Waals surface area (Å²) in [7, 11) is 0. The standard InChI is InChI=1S/C25H16Br2N2O4/c1-13-10-11-14(12-19(13)29(32)33)28-22(30)20-21(23(28)31)25(27)16-7-3-2-6-15(16)24(20,26)17-8-4-5-9-18(17)25/h2-12,20-21H,1H3/t20-,21+,24?,25?. The molecule has 0 radical (unpaired) electrons. The first-order valence-electron chi connectivity index (χ1n) is 10.4. The molecule has 3 aliphatic carbocycles. The van der Waals surface area contributed by atoms with E-state index in [-0.39, 0.29) is 23.2 Å². The monoisotopic (exact) mass is 566 g/mol. The normalized spacial score (nSPS) is 29.0. The van der Waals surface area contributed by atoms with Gasteiger partial charge in [0, 0.05) is 11.6 Å². The van der Waals surface area contributed by atoms with Crippen LogP contribution in [0.2, 0.25) is 0 Å².